The number of amides is 2. The summed E-state index contributed by atoms with van der Waals surface area (Å²) in [5.74, 6) is -1.95. The maximum Gasteiger partial charge on any atom is 0.422 e. The second-order valence-electron chi connectivity index (χ2n) is 13.5. The number of nitrogens with zero attached hydrogens (tertiary/aromatic N) is 4. The van der Waals surface area contributed by atoms with Gasteiger partial charge in [0.05, 0.1) is 17.2 Å². The first kappa shape index (κ1) is 38.5. The lowest BCUT2D eigenvalue weighted by Gasteiger charge is -2.25. The molecule has 1 aliphatic rings. The lowest BCUT2D eigenvalue weighted by Crippen LogP contribution is -2.44. The van der Waals surface area contributed by atoms with Crippen LogP contribution in [0.4, 0.5) is 30.8 Å². The van der Waals surface area contributed by atoms with Gasteiger partial charge in [-0.3, -0.25) is 14.4 Å². The second-order valence-corrected chi connectivity index (χ2v) is 13.9. The summed E-state index contributed by atoms with van der Waals surface area (Å²) >= 11 is 6.03. The van der Waals surface area contributed by atoms with Crippen molar-refractivity contribution in [1.29, 1.82) is 5.26 Å². The van der Waals surface area contributed by atoms with E-state index in [9.17, 15) is 32.8 Å². The number of anilines is 3. The molecule has 0 radical (unpaired) electrons. The molecular formula is C37H36ClF3N8O4. The summed E-state index contributed by atoms with van der Waals surface area (Å²) < 4.78 is 43.7. The van der Waals surface area contributed by atoms with Crippen molar-refractivity contribution in [2.24, 2.45) is 5.41 Å². The minimum atomic E-state index is -4.61. The van der Waals surface area contributed by atoms with Crippen molar-refractivity contribution in [3.63, 3.8) is 0 Å². The van der Waals surface area contributed by atoms with Crippen LogP contribution in [0.3, 0.4) is 0 Å². The quantitative estimate of drug-likeness (QED) is 0.103. The molecule has 0 atom stereocenters. The largest absolute Gasteiger partial charge is 0.454 e. The van der Waals surface area contributed by atoms with Gasteiger partial charge in [-0.05, 0) is 84.3 Å². The summed E-state index contributed by atoms with van der Waals surface area (Å²) in [6.07, 6.45) is -3.35. The Morgan fingerprint density at radius 2 is 1.58 bits per heavy atom. The minimum Gasteiger partial charge on any atom is -0.454 e. The van der Waals surface area contributed by atoms with Crippen LogP contribution in [-0.4, -0.2) is 58.4 Å². The molecule has 1 aliphatic carbocycles. The molecule has 53 heavy (non-hydrogen) atoms. The molecule has 276 valence electrons. The molecule has 0 aliphatic heterocycles. The summed E-state index contributed by atoms with van der Waals surface area (Å²) in [7, 11) is 0. The molecule has 1 aromatic heterocycles. The van der Waals surface area contributed by atoms with E-state index in [1.54, 1.807) is 42.5 Å². The molecule has 5 rings (SSSR count). The van der Waals surface area contributed by atoms with Crippen molar-refractivity contribution in [2.75, 3.05) is 30.3 Å². The molecule has 0 unspecified atom stereocenters. The lowest BCUT2D eigenvalue weighted by atomic mass is 9.93. The third kappa shape index (κ3) is 10.9. The number of benzene rings is 3. The van der Waals surface area contributed by atoms with Crippen molar-refractivity contribution in [2.45, 2.75) is 51.7 Å². The minimum absolute atomic E-state index is 0.00527. The second kappa shape index (κ2) is 15.9. The summed E-state index contributed by atoms with van der Waals surface area (Å²) in [5, 5.41) is 21.5. The molecule has 3 aromatic carbocycles. The van der Waals surface area contributed by atoms with E-state index in [0.717, 1.165) is 24.0 Å². The number of Topliss-reactive ketones (excluding diaryl/α,β-unsaturated/α-hetero) is 1. The van der Waals surface area contributed by atoms with E-state index in [1.807, 2.05) is 39.0 Å². The topological polar surface area (TPSA) is 171 Å². The van der Waals surface area contributed by atoms with E-state index in [2.05, 4.69) is 36.2 Å². The molecule has 0 bridgehead atoms. The Balaban J connectivity index is 1.17. The molecule has 16 heteroatoms. The molecule has 1 saturated carbocycles. The van der Waals surface area contributed by atoms with Gasteiger partial charge in [0.2, 0.25) is 17.7 Å². The number of nitriles is 1. The van der Waals surface area contributed by atoms with E-state index in [-0.39, 0.29) is 31.4 Å². The van der Waals surface area contributed by atoms with Crippen LogP contribution in [0.25, 0.3) is 0 Å². The van der Waals surface area contributed by atoms with Gasteiger partial charge >= 0.3 is 12.2 Å². The zero-order chi connectivity index (χ0) is 38.4. The maximum atomic E-state index is 13.0. The van der Waals surface area contributed by atoms with E-state index in [0.29, 0.717) is 27.4 Å². The average molecular weight is 749 g/mol. The summed E-state index contributed by atoms with van der Waals surface area (Å²) in [4.78, 5) is 50.4. The number of hydrogen-bond donors (Lipinski definition) is 4. The van der Waals surface area contributed by atoms with Crippen LogP contribution in [0, 0.1) is 23.7 Å². The molecule has 1 fully saturated rings. The van der Waals surface area contributed by atoms with Crippen molar-refractivity contribution >= 4 is 46.8 Å². The van der Waals surface area contributed by atoms with Crippen molar-refractivity contribution in [3.05, 3.63) is 99.6 Å². The Bertz CT molecular complexity index is 2030. The van der Waals surface area contributed by atoms with Gasteiger partial charge in [-0.2, -0.15) is 33.4 Å². The highest BCUT2D eigenvalue weighted by atomic mass is 35.5. The third-order valence-electron chi connectivity index (χ3n) is 8.33. The highest BCUT2D eigenvalue weighted by molar-refractivity contribution is 6.36. The fraction of sp³-hybridized carbons (Fsp3) is 0.324. The Labute approximate surface area is 308 Å². The number of nitrogens with one attached hydrogen (secondary N) is 4. The monoisotopic (exact) mass is 748 g/mol. The van der Waals surface area contributed by atoms with Crippen LogP contribution in [0.1, 0.15) is 59.3 Å². The fourth-order valence-corrected chi connectivity index (χ4v) is 5.34. The Hall–Kier alpha value is -5.75. The molecular weight excluding hydrogens is 713 g/mol. The normalized spacial score (nSPS) is 13.3. The van der Waals surface area contributed by atoms with Crippen LogP contribution in [-0.2, 0) is 21.5 Å². The predicted octanol–water partition coefficient (Wildman–Crippen LogP) is 6.18. The first-order chi connectivity index (χ1) is 25.0. The number of aromatic nitrogens is 3. The van der Waals surface area contributed by atoms with Gasteiger partial charge in [0, 0.05) is 35.8 Å². The maximum absolute atomic E-state index is 13.0. The number of alkyl halides is 3. The van der Waals surface area contributed by atoms with Gasteiger partial charge in [-0.1, -0.05) is 49.7 Å². The van der Waals surface area contributed by atoms with Crippen LogP contribution in [0.15, 0.2) is 66.7 Å². The van der Waals surface area contributed by atoms with Gasteiger partial charge in [-0.25, -0.2) is 0 Å². The van der Waals surface area contributed by atoms with E-state index in [1.165, 1.54) is 12.1 Å². The van der Waals surface area contributed by atoms with Gasteiger partial charge in [0.1, 0.15) is 0 Å². The summed E-state index contributed by atoms with van der Waals surface area (Å²) in [6, 6.07) is 20.0. The standard InChI is InChI=1S/C37H36ClF3N8O4/c1-22-4-5-24(25(16-22)18-42)17-29(50)31(52)44-20-35(2,3)19-43-30(51)23-6-12-28(13-7-23)45-32-46-33(48-34(47-32)53-21-37(39,40)41)49-36(14-15-36)26-8-10-27(38)11-9-26/h4-13,16H,14-15,17,19-21H2,1-3H3,(H,43,51)(H,44,52)(H2,45,46,47,48,49). The molecule has 2 amide bonds. The SMILES string of the molecule is Cc1ccc(CC(=O)C(=O)NCC(C)(C)CNC(=O)c2ccc(Nc3nc(NC4(c5ccc(Cl)cc5)CC4)nc(OCC(F)(F)F)n3)cc2)c(C#N)c1. The first-order valence-corrected chi connectivity index (χ1v) is 16.9. The van der Waals surface area contributed by atoms with Gasteiger partial charge < -0.3 is 26.0 Å². The Morgan fingerprint density at radius 3 is 2.23 bits per heavy atom. The van der Waals surface area contributed by atoms with Crippen LogP contribution < -0.4 is 26.0 Å². The van der Waals surface area contributed by atoms with Crippen LogP contribution in [0.5, 0.6) is 6.01 Å². The molecule has 12 nitrogen and oxygen atoms in total. The number of ether oxygens (including phenoxy) is 1. The molecule has 4 N–H and O–H groups in total. The summed E-state index contributed by atoms with van der Waals surface area (Å²) in [5.41, 5.74) is 2.18. The summed E-state index contributed by atoms with van der Waals surface area (Å²) in [6.45, 7) is 4.11. The number of hydrogen-bond acceptors (Lipinski definition) is 10. The number of carbonyl (C=O) groups excluding carboxylic acids is 3. The highest BCUT2D eigenvalue weighted by Crippen LogP contribution is 2.48. The van der Waals surface area contributed by atoms with Crippen molar-refractivity contribution < 1.29 is 32.3 Å². The van der Waals surface area contributed by atoms with Gasteiger partial charge in [0.25, 0.3) is 11.8 Å². The third-order valence-corrected chi connectivity index (χ3v) is 8.58. The van der Waals surface area contributed by atoms with Gasteiger partial charge in [-0.15, -0.1) is 0 Å². The van der Waals surface area contributed by atoms with Gasteiger partial charge in [0.15, 0.2) is 6.61 Å². The molecule has 0 saturated heterocycles. The number of ketones is 1. The average Bonchev–Trinajstić information content (AvgIpc) is 3.89. The predicted molar refractivity (Wildman–Crippen MR) is 191 cm³/mol. The van der Waals surface area contributed by atoms with E-state index < -0.39 is 47.3 Å². The lowest BCUT2D eigenvalue weighted by molar-refractivity contribution is -0.154. The molecule has 4 aromatic rings. The van der Waals surface area contributed by atoms with Crippen molar-refractivity contribution in [1.82, 2.24) is 25.6 Å². The number of aryl methyl sites for hydroxylation is 1. The van der Waals surface area contributed by atoms with Crippen molar-refractivity contribution in [3.8, 4) is 12.1 Å². The number of halogens is 4. The van der Waals surface area contributed by atoms with E-state index in [4.69, 9.17) is 16.3 Å². The smallest absolute Gasteiger partial charge is 0.422 e. The Kier molecular flexibility index (Phi) is 11.5. The number of rotatable bonds is 15. The molecule has 0 spiro atoms. The fourth-order valence-electron chi connectivity index (χ4n) is 5.21. The highest BCUT2D eigenvalue weighted by Gasteiger charge is 2.45. The van der Waals surface area contributed by atoms with Crippen LogP contribution in [0.2, 0.25) is 5.02 Å². The zero-order valence-corrected chi connectivity index (χ0v) is 29.8. The first-order valence-electron chi connectivity index (χ1n) is 16.5. The van der Waals surface area contributed by atoms with E-state index >= 15 is 0 Å². The molecule has 1 heterocycles. The zero-order valence-electron chi connectivity index (χ0n) is 29.0. The van der Waals surface area contributed by atoms with Crippen LogP contribution >= 0.6 is 11.6 Å². The number of carbonyl (C=O) groups is 3. The Morgan fingerprint density at radius 1 is 0.925 bits per heavy atom.